The van der Waals surface area contributed by atoms with E-state index in [0.717, 1.165) is 42.4 Å². The monoisotopic (exact) mass is 426 g/mol. The maximum absolute atomic E-state index is 13.3. The van der Waals surface area contributed by atoms with E-state index in [1.54, 1.807) is 11.8 Å². The van der Waals surface area contributed by atoms with Gasteiger partial charge in [0.2, 0.25) is 11.8 Å². The molecule has 1 fully saturated rings. The largest absolute Gasteiger partial charge is 0.352 e. The zero-order chi connectivity index (χ0) is 21.7. The Kier molecular flexibility index (Phi) is 7.54. The predicted octanol–water partition coefficient (Wildman–Crippen LogP) is 4.98. The van der Waals surface area contributed by atoms with Crippen LogP contribution >= 0.6 is 11.6 Å². The van der Waals surface area contributed by atoms with Crippen LogP contribution in [0, 0.1) is 13.8 Å². The van der Waals surface area contributed by atoms with E-state index >= 15 is 0 Å². The normalized spacial score (nSPS) is 15.1. The van der Waals surface area contributed by atoms with Crippen molar-refractivity contribution in [2.24, 2.45) is 0 Å². The molecule has 1 atom stereocenters. The molecule has 0 radical (unpaired) electrons. The van der Waals surface area contributed by atoms with Crippen molar-refractivity contribution in [1.29, 1.82) is 0 Å². The van der Waals surface area contributed by atoms with Crippen LogP contribution in [0.15, 0.2) is 42.5 Å². The van der Waals surface area contributed by atoms with Crippen molar-refractivity contribution < 1.29 is 9.59 Å². The number of hydrogen-bond acceptors (Lipinski definition) is 2. The van der Waals surface area contributed by atoms with Crippen LogP contribution in [0.4, 0.5) is 0 Å². The summed E-state index contributed by atoms with van der Waals surface area (Å²) in [6, 6.07) is 13.2. The maximum Gasteiger partial charge on any atom is 0.242 e. The number of nitrogens with one attached hydrogen (secondary N) is 1. The van der Waals surface area contributed by atoms with E-state index in [1.807, 2.05) is 49.4 Å². The highest BCUT2D eigenvalue weighted by molar-refractivity contribution is 6.31. The summed E-state index contributed by atoms with van der Waals surface area (Å²) >= 11 is 6.35. The lowest BCUT2D eigenvalue weighted by atomic mass is 10.0. The number of hydrogen-bond donors (Lipinski definition) is 1. The summed E-state index contributed by atoms with van der Waals surface area (Å²) in [4.78, 5) is 27.9. The number of benzene rings is 2. The van der Waals surface area contributed by atoms with Crippen LogP contribution in [-0.2, 0) is 22.6 Å². The minimum atomic E-state index is -0.569. The number of carbonyl (C=O) groups excluding carboxylic acids is 2. The average Bonchev–Trinajstić information content (AvgIpc) is 3.22. The lowest BCUT2D eigenvalue weighted by molar-refractivity contribution is -0.140. The summed E-state index contributed by atoms with van der Waals surface area (Å²) in [5.41, 5.74) is 4.15. The molecule has 1 saturated carbocycles. The van der Waals surface area contributed by atoms with Gasteiger partial charge in [-0.2, -0.15) is 0 Å². The molecular weight excluding hydrogens is 396 g/mol. The number of carbonyl (C=O) groups is 2. The van der Waals surface area contributed by atoms with Crippen molar-refractivity contribution in [1.82, 2.24) is 10.2 Å². The first-order chi connectivity index (χ1) is 14.3. The van der Waals surface area contributed by atoms with Gasteiger partial charge in [0, 0.05) is 17.6 Å². The van der Waals surface area contributed by atoms with Crippen molar-refractivity contribution >= 4 is 23.4 Å². The van der Waals surface area contributed by atoms with E-state index in [0.29, 0.717) is 11.6 Å². The lowest BCUT2D eigenvalue weighted by Crippen LogP contribution is -2.50. The van der Waals surface area contributed by atoms with E-state index in [-0.39, 0.29) is 24.3 Å². The van der Waals surface area contributed by atoms with E-state index < -0.39 is 6.04 Å². The Morgan fingerprint density at radius 1 is 1.10 bits per heavy atom. The summed E-state index contributed by atoms with van der Waals surface area (Å²) in [6.07, 6.45) is 4.58. The predicted molar refractivity (Wildman–Crippen MR) is 121 cm³/mol. The van der Waals surface area contributed by atoms with Crippen LogP contribution in [0.2, 0.25) is 5.02 Å². The molecule has 0 aliphatic heterocycles. The van der Waals surface area contributed by atoms with Gasteiger partial charge in [-0.05, 0) is 61.9 Å². The minimum absolute atomic E-state index is 0.0766. The molecule has 0 saturated heterocycles. The summed E-state index contributed by atoms with van der Waals surface area (Å²) in [6.45, 7) is 6.21. The van der Waals surface area contributed by atoms with Crippen LogP contribution in [0.1, 0.15) is 54.9 Å². The molecule has 1 aliphatic rings. The van der Waals surface area contributed by atoms with Gasteiger partial charge in [-0.1, -0.05) is 60.8 Å². The van der Waals surface area contributed by atoms with Crippen molar-refractivity contribution in [2.45, 2.75) is 71.5 Å². The van der Waals surface area contributed by atoms with Crippen LogP contribution in [-0.4, -0.2) is 28.8 Å². The molecule has 0 unspecified atom stereocenters. The third-order valence-corrected chi connectivity index (χ3v) is 6.46. The van der Waals surface area contributed by atoms with Gasteiger partial charge >= 0.3 is 0 Å². The molecule has 0 bridgehead atoms. The number of aryl methyl sites for hydroxylation is 2. The van der Waals surface area contributed by atoms with Gasteiger partial charge in [-0.3, -0.25) is 9.59 Å². The zero-order valence-electron chi connectivity index (χ0n) is 18.1. The first kappa shape index (κ1) is 22.4. The topological polar surface area (TPSA) is 49.4 Å². The maximum atomic E-state index is 13.3. The molecular formula is C25H31ClN2O2. The molecule has 0 aromatic heterocycles. The van der Waals surface area contributed by atoms with Crippen LogP contribution in [0.25, 0.3) is 0 Å². The molecule has 4 nitrogen and oxygen atoms in total. The van der Waals surface area contributed by atoms with Crippen molar-refractivity contribution in [3.05, 3.63) is 69.7 Å². The van der Waals surface area contributed by atoms with Crippen LogP contribution < -0.4 is 5.32 Å². The number of rotatable bonds is 7. The highest BCUT2D eigenvalue weighted by Crippen LogP contribution is 2.21. The minimum Gasteiger partial charge on any atom is -0.352 e. The quantitative estimate of drug-likeness (QED) is 0.679. The fraction of sp³-hybridized carbons (Fsp3) is 0.440. The molecule has 2 amide bonds. The van der Waals surface area contributed by atoms with E-state index in [9.17, 15) is 9.59 Å². The number of halogens is 1. The van der Waals surface area contributed by atoms with E-state index in [4.69, 9.17) is 11.6 Å². The molecule has 160 valence electrons. The van der Waals surface area contributed by atoms with Crippen molar-refractivity contribution in [2.75, 3.05) is 0 Å². The van der Waals surface area contributed by atoms with E-state index in [2.05, 4.69) is 12.2 Å². The lowest BCUT2D eigenvalue weighted by Gasteiger charge is -2.30. The third-order valence-electron chi connectivity index (χ3n) is 6.09. The second-order valence-electron chi connectivity index (χ2n) is 8.37. The van der Waals surface area contributed by atoms with Gasteiger partial charge in [0.05, 0.1) is 6.42 Å². The van der Waals surface area contributed by atoms with Crippen molar-refractivity contribution in [3.63, 3.8) is 0 Å². The molecule has 30 heavy (non-hydrogen) atoms. The Hall–Kier alpha value is -2.33. The molecule has 5 heteroatoms. The number of amides is 2. The highest BCUT2D eigenvalue weighted by Gasteiger charge is 2.28. The Bertz CT molecular complexity index is 906. The number of nitrogens with zero attached hydrogens (tertiary/aromatic N) is 1. The first-order valence-electron chi connectivity index (χ1n) is 10.7. The van der Waals surface area contributed by atoms with Crippen LogP contribution in [0.5, 0.6) is 0 Å². The molecule has 0 heterocycles. The standard InChI is InChI=1S/C25H31ClN2O2/c1-17-12-13-20(14-18(17)2)15-24(29)28(16-21-8-4-7-11-23(21)26)19(3)25(30)27-22-9-5-6-10-22/h4,7-8,11-14,19,22H,5-6,9-10,15-16H2,1-3H3,(H,27,30)/t19-/m0/s1. The SMILES string of the molecule is Cc1ccc(CC(=O)N(Cc2ccccc2Cl)[C@@H](C)C(=O)NC2CCCC2)cc1C. The van der Waals surface area contributed by atoms with Gasteiger partial charge in [0.15, 0.2) is 0 Å². The first-order valence-corrected chi connectivity index (χ1v) is 11.1. The second kappa shape index (κ2) is 10.1. The van der Waals surface area contributed by atoms with Gasteiger partial charge in [0.1, 0.15) is 6.04 Å². The Balaban J connectivity index is 1.79. The van der Waals surface area contributed by atoms with Gasteiger partial charge in [-0.15, -0.1) is 0 Å². The molecule has 0 spiro atoms. The molecule has 2 aromatic rings. The summed E-state index contributed by atoms with van der Waals surface area (Å²) in [5, 5.41) is 3.73. The van der Waals surface area contributed by atoms with Crippen molar-refractivity contribution in [3.8, 4) is 0 Å². The average molecular weight is 427 g/mol. The Morgan fingerprint density at radius 3 is 2.47 bits per heavy atom. The molecule has 1 aliphatic carbocycles. The summed E-state index contributed by atoms with van der Waals surface area (Å²) in [7, 11) is 0. The fourth-order valence-electron chi connectivity index (χ4n) is 3.97. The smallest absolute Gasteiger partial charge is 0.242 e. The van der Waals surface area contributed by atoms with Gasteiger partial charge in [-0.25, -0.2) is 0 Å². The Labute approximate surface area is 184 Å². The Morgan fingerprint density at radius 2 is 1.80 bits per heavy atom. The highest BCUT2D eigenvalue weighted by atomic mass is 35.5. The van der Waals surface area contributed by atoms with Gasteiger partial charge in [0.25, 0.3) is 0 Å². The molecule has 1 N–H and O–H groups in total. The molecule has 3 rings (SSSR count). The summed E-state index contributed by atoms with van der Waals surface area (Å²) < 4.78 is 0. The van der Waals surface area contributed by atoms with Gasteiger partial charge < -0.3 is 10.2 Å². The zero-order valence-corrected chi connectivity index (χ0v) is 18.8. The summed E-state index contributed by atoms with van der Waals surface area (Å²) in [5.74, 6) is -0.172. The van der Waals surface area contributed by atoms with E-state index in [1.165, 1.54) is 5.56 Å². The second-order valence-corrected chi connectivity index (χ2v) is 8.78. The fourth-order valence-corrected chi connectivity index (χ4v) is 4.17. The van der Waals surface area contributed by atoms with Crippen LogP contribution in [0.3, 0.4) is 0 Å². The molecule has 2 aromatic carbocycles. The third kappa shape index (κ3) is 5.63.